The summed E-state index contributed by atoms with van der Waals surface area (Å²) in [5.74, 6) is 0.463. The Hall–Kier alpha value is -1.13. The van der Waals surface area contributed by atoms with Gasteiger partial charge in [0.15, 0.2) is 0 Å². The third-order valence-corrected chi connectivity index (χ3v) is 4.11. The van der Waals surface area contributed by atoms with Crippen LogP contribution in [0.3, 0.4) is 0 Å². The highest BCUT2D eigenvalue weighted by Crippen LogP contribution is 2.17. The minimum atomic E-state index is 0.436. The Kier molecular flexibility index (Phi) is 5.59. The Labute approximate surface area is 135 Å². The number of hydrogen-bond donors (Lipinski definition) is 1. The smallest absolute Gasteiger partial charge is 0.0694 e. The predicted octanol–water partition coefficient (Wildman–Crippen LogP) is 4.03. The summed E-state index contributed by atoms with van der Waals surface area (Å²) in [7, 11) is 1.99. The topological polar surface area (TPSA) is 29.9 Å². The standard InChI is InChI=1S/C17H24BrN3/c1-12(2)17-15(11-21(4)20-17)10-19-13(3)9-14-5-7-16(18)8-6-14/h5-8,11-13,19H,9-10H2,1-4H3. The highest BCUT2D eigenvalue weighted by atomic mass is 79.9. The van der Waals surface area contributed by atoms with Crippen LogP contribution in [0, 0.1) is 0 Å². The highest BCUT2D eigenvalue weighted by molar-refractivity contribution is 9.10. The van der Waals surface area contributed by atoms with Crippen molar-refractivity contribution in [1.29, 1.82) is 0 Å². The molecule has 0 spiro atoms. The van der Waals surface area contributed by atoms with E-state index < -0.39 is 0 Å². The number of rotatable bonds is 6. The van der Waals surface area contributed by atoms with Crippen molar-refractivity contribution in [2.24, 2.45) is 7.05 Å². The Morgan fingerprint density at radius 2 is 1.86 bits per heavy atom. The third-order valence-electron chi connectivity index (χ3n) is 3.58. The van der Waals surface area contributed by atoms with Gasteiger partial charge in [0.2, 0.25) is 0 Å². The van der Waals surface area contributed by atoms with Crippen molar-refractivity contribution in [3.8, 4) is 0 Å². The molecule has 1 atom stereocenters. The first-order valence-electron chi connectivity index (χ1n) is 7.46. The molecule has 1 heterocycles. The molecule has 1 aromatic carbocycles. The Morgan fingerprint density at radius 3 is 2.48 bits per heavy atom. The summed E-state index contributed by atoms with van der Waals surface area (Å²) in [5, 5.41) is 8.16. The van der Waals surface area contributed by atoms with Gasteiger partial charge in [-0.1, -0.05) is 41.9 Å². The van der Waals surface area contributed by atoms with Crippen molar-refractivity contribution in [3.05, 3.63) is 51.8 Å². The number of aromatic nitrogens is 2. The molecule has 0 radical (unpaired) electrons. The lowest BCUT2D eigenvalue weighted by Gasteiger charge is -2.14. The average Bonchev–Trinajstić information content (AvgIpc) is 2.80. The van der Waals surface area contributed by atoms with Crippen LogP contribution in [-0.2, 0) is 20.0 Å². The van der Waals surface area contributed by atoms with Gasteiger partial charge >= 0.3 is 0 Å². The van der Waals surface area contributed by atoms with E-state index in [1.54, 1.807) is 0 Å². The molecule has 1 unspecified atom stereocenters. The summed E-state index contributed by atoms with van der Waals surface area (Å²) in [6.45, 7) is 7.49. The Balaban J connectivity index is 1.92. The molecule has 0 fully saturated rings. The van der Waals surface area contributed by atoms with Crippen LogP contribution >= 0.6 is 15.9 Å². The summed E-state index contributed by atoms with van der Waals surface area (Å²) in [5.41, 5.74) is 3.85. The van der Waals surface area contributed by atoms with Crippen molar-refractivity contribution < 1.29 is 0 Å². The summed E-state index contributed by atoms with van der Waals surface area (Å²) in [6, 6.07) is 8.98. The zero-order valence-electron chi connectivity index (χ0n) is 13.2. The number of aryl methyl sites for hydroxylation is 1. The molecule has 21 heavy (non-hydrogen) atoms. The molecule has 2 aromatic rings. The van der Waals surface area contributed by atoms with E-state index in [0.717, 1.165) is 17.4 Å². The maximum atomic E-state index is 4.55. The van der Waals surface area contributed by atoms with Crippen molar-refractivity contribution >= 4 is 15.9 Å². The van der Waals surface area contributed by atoms with Crippen molar-refractivity contribution in [3.63, 3.8) is 0 Å². The molecule has 0 saturated heterocycles. The van der Waals surface area contributed by atoms with Gasteiger partial charge < -0.3 is 5.32 Å². The van der Waals surface area contributed by atoms with Gasteiger partial charge in [0, 0.05) is 35.9 Å². The van der Waals surface area contributed by atoms with Gasteiger partial charge in [-0.25, -0.2) is 0 Å². The first-order chi connectivity index (χ1) is 9.95. The first kappa shape index (κ1) is 16.2. The van der Waals surface area contributed by atoms with E-state index in [0.29, 0.717) is 12.0 Å². The van der Waals surface area contributed by atoms with Crippen LogP contribution in [0.5, 0.6) is 0 Å². The molecule has 0 aliphatic rings. The van der Waals surface area contributed by atoms with Gasteiger partial charge in [0.25, 0.3) is 0 Å². The molecule has 1 aromatic heterocycles. The van der Waals surface area contributed by atoms with Crippen LogP contribution in [0.4, 0.5) is 0 Å². The van der Waals surface area contributed by atoms with Crippen LogP contribution in [0.25, 0.3) is 0 Å². The van der Waals surface area contributed by atoms with Crippen LogP contribution < -0.4 is 5.32 Å². The zero-order chi connectivity index (χ0) is 15.4. The quantitative estimate of drug-likeness (QED) is 0.853. The molecule has 0 aliphatic carbocycles. The third kappa shape index (κ3) is 4.68. The summed E-state index contributed by atoms with van der Waals surface area (Å²) in [6.07, 6.45) is 3.15. The van der Waals surface area contributed by atoms with E-state index in [4.69, 9.17) is 0 Å². The number of benzene rings is 1. The Morgan fingerprint density at radius 1 is 1.19 bits per heavy atom. The maximum Gasteiger partial charge on any atom is 0.0694 e. The fourth-order valence-electron chi connectivity index (χ4n) is 2.51. The molecular formula is C17H24BrN3. The van der Waals surface area contributed by atoms with Crippen LogP contribution in [0.1, 0.15) is 43.5 Å². The second-order valence-corrected chi connectivity index (χ2v) is 6.90. The number of nitrogens with zero attached hydrogens (tertiary/aromatic N) is 2. The molecular weight excluding hydrogens is 326 g/mol. The molecule has 2 rings (SSSR count). The lowest BCUT2D eigenvalue weighted by atomic mass is 10.0. The van der Waals surface area contributed by atoms with E-state index in [9.17, 15) is 0 Å². The largest absolute Gasteiger partial charge is 0.310 e. The Bertz CT molecular complexity index is 572. The van der Waals surface area contributed by atoms with Crippen LogP contribution in [0.15, 0.2) is 34.9 Å². The summed E-state index contributed by atoms with van der Waals surface area (Å²) in [4.78, 5) is 0. The SMILES string of the molecule is CC(Cc1ccc(Br)cc1)NCc1cn(C)nc1C(C)C. The monoisotopic (exact) mass is 349 g/mol. The predicted molar refractivity (Wildman–Crippen MR) is 91.4 cm³/mol. The van der Waals surface area contributed by atoms with E-state index in [-0.39, 0.29) is 0 Å². The van der Waals surface area contributed by atoms with E-state index in [1.807, 2.05) is 11.7 Å². The fourth-order valence-corrected chi connectivity index (χ4v) is 2.77. The van der Waals surface area contributed by atoms with E-state index >= 15 is 0 Å². The van der Waals surface area contributed by atoms with Crippen molar-refractivity contribution in [2.45, 2.75) is 45.7 Å². The van der Waals surface area contributed by atoms with Gasteiger partial charge in [-0.3, -0.25) is 4.68 Å². The van der Waals surface area contributed by atoms with Crippen LogP contribution in [0.2, 0.25) is 0 Å². The molecule has 0 bridgehead atoms. The average molecular weight is 350 g/mol. The van der Waals surface area contributed by atoms with Crippen LogP contribution in [-0.4, -0.2) is 15.8 Å². The molecule has 0 saturated carbocycles. The zero-order valence-corrected chi connectivity index (χ0v) is 14.8. The van der Waals surface area contributed by atoms with Gasteiger partial charge in [-0.15, -0.1) is 0 Å². The van der Waals surface area contributed by atoms with Crippen molar-refractivity contribution in [2.75, 3.05) is 0 Å². The maximum absolute atomic E-state index is 4.55. The molecule has 0 amide bonds. The lowest BCUT2D eigenvalue weighted by Crippen LogP contribution is -2.27. The normalized spacial score (nSPS) is 12.9. The summed E-state index contributed by atoms with van der Waals surface area (Å²) >= 11 is 3.47. The molecule has 114 valence electrons. The minimum Gasteiger partial charge on any atom is -0.310 e. The first-order valence-corrected chi connectivity index (χ1v) is 8.25. The number of hydrogen-bond acceptors (Lipinski definition) is 2. The molecule has 3 nitrogen and oxygen atoms in total. The summed E-state index contributed by atoms with van der Waals surface area (Å²) < 4.78 is 3.04. The lowest BCUT2D eigenvalue weighted by molar-refractivity contribution is 0.542. The molecule has 1 N–H and O–H groups in total. The van der Waals surface area contributed by atoms with Crippen molar-refractivity contribution in [1.82, 2.24) is 15.1 Å². The van der Waals surface area contributed by atoms with E-state index in [1.165, 1.54) is 16.8 Å². The fraction of sp³-hybridized carbons (Fsp3) is 0.471. The van der Waals surface area contributed by atoms with Gasteiger partial charge in [-0.2, -0.15) is 5.10 Å². The molecule has 0 aliphatic heterocycles. The molecule has 4 heteroatoms. The number of halogens is 1. The second-order valence-electron chi connectivity index (χ2n) is 5.98. The number of nitrogens with one attached hydrogen (secondary N) is 1. The van der Waals surface area contributed by atoms with Gasteiger partial charge in [-0.05, 0) is 37.0 Å². The van der Waals surface area contributed by atoms with Gasteiger partial charge in [0.05, 0.1) is 5.69 Å². The highest BCUT2D eigenvalue weighted by Gasteiger charge is 2.12. The van der Waals surface area contributed by atoms with E-state index in [2.05, 4.69) is 77.6 Å². The minimum absolute atomic E-state index is 0.436. The van der Waals surface area contributed by atoms with Gasteiger partial charge in [0.1, 0.15) is 0 Å². The second kappa shape index (κ2) is 7.23.